The van der Waals surface area contributed by atoms with Crippen molar-refractivity contribution in [1.82, 2.24) is 4.98 Å². The quantitative estimate of drug-likeness (QED) is 0.710. The Labute approximate surface area is 122 Å². The Morgan fingerprint density at radius 1 is 1.00 bits per heavy atom. The van der Waals surface area contributed by atoms with Gasteiger partial charge in [0.05, 0.1) is 0 Å². The van der Waals surface area contributed by atoms with Crippen molar-refractivity contribution in [2.24, 2.45) is 0 Å². The summed E-state index contributed by atoms with van der Waals surface area (Å²) in [7, 11) is -1.45. The van der Waals surface area contributed by atoms with Crippen molar-refractivity contribution in [3.63, 3.8) is 0 Å². The molecule has 1 aromatic heterocycles. The number of rotatable bonds is 4. The van der Waals surface area contributed by atoms with Crippen LogP contribution in [0.3, 0.4) is 0 Å². The van der Waals surface area contributed by atoms with Crippen LogP contribution >= 0.6 is 0 Å². The minimum absolute atomic E-state index is 0.465. The van der Waals surface area contributed by atoms with Crippen LogP contribution in [0.5, 0.6) is 5.75 Å². The second-order valence-corrected chi connectivity index (χ2v) is 4.79. The zero-order valence-electron chi connectivity index (χ0n) is 11.3. The van der Waals surface area contributed by atoms with E-state index in [2.05, 4.69) is 4.98 Å². The number of benzene rings is 2. The average Bonchev–Trinajstić information content (AvgIpc) is 2.53. The summed E-state index contributed by atoms with van der Waals surface area (Å²) in [5, 5.41) is 20.3. The molecule has 0 saturated heterocycles. The molecule has 0 saturated carbocycles. The molecule has 0 radical (unpaired) electrons. The molecule has 5 heteroatoms. The molecule has 104 valence electrons. The molecule has 21 heavy (non-hydrogen) atoms. The van der Waals surface area contributed by atoms with Crippen LogP contribution in [0.4, 0.5) is 0 Å². The van der Waals surface area contributed by atoms with Crippen LogP contribution in [0.2, 0.25) is 0 Å². The Kier molecular flexibility index (Phi) is 3.86. The molecule has 4 nitrogen and oxygen atoms in total. The molecule has 0 fully saturated rings. The first kappa shape index (κ1) is 13.6. The molecule has 0 atom stereocenters. The average molecular weight is 279 g/mol. The standard InChI is InChI=1S/C16H14BNO3/c19-17(20)15-5-3-14-9-16(6-4-13(14)8-15)21-11-12-2-1-7-18-10-12/h1-10,19-20H,11H2. The van der Waals surface area contributed by atoms with Gasteiger partial charge in [0.15, 0.2) is 0 Å². The molecule has 0 amide bonds. The lowest BCUT2D eigenvalue weighted by atomic mass is 9.79. The van der Waals surface area contributed by atoms with Crippen molar-refractivity contribution >= 4 is 23.4 Å². The summed E-state index contributed by atoms with van der Waals surface area (Å²) in [5.41, 5.74) is 1.49. The number of nitrogens with zero attached hydrogens (tertiary/aromatic N) is 1. The van der Waals surface area contributed by atoms with Crippen molar-refractivity contribution in [3.8, 4) is 5.75 Å². The van der Waals surface area contributed by atoms with Gasteiger partial charge in [0.25, 0.3) is 0 Å². The van der Waals surface area contributed by atoms with Crippen LogP contribution in [0, 0.1) is 0 Å². The molecule has 0 bridgehead atoms. The first-order chi connectivity index (χ1) is 10.2. The zero-order chi connectivity index (χ0) is 14.7. The van der Waals surface area contributed by atoms with Gasteiger partial charge in [-0.2, -0.15) is 0 Å². The lowest BCUT2D eigenvalue weighted by molar-refractivity contribution is 0.306. The van der Waals surface area contributed by atoms with Crippen molar-refractivity contribution in [1.29, 1.82) is 0 Å². The molecule has 0 aliphatic heterocycles. The monoisotopic (exact) mass is 279 g/mol. The van der Waals surface area contributed by atoms with E-state index in [-0.39, 0.29) is 0 Å². The topological polar surface area (TPSA) is 62.6 Å². The summed E-state index contributed by atoms with van der Waals surface area (Å²) in [6.45, 7) is 0.465. The molecular weight excluding hydrogens is 265 g/mol. The van der Waals surface area contributed by atoms with Gasteiger partial charge in [-0.25, -0.2) is 0 Å². The Balaban J connectivity index is 1.79. The highest BCUT2D eigenvalue weighted by Crippen LogP contribution is 2.21. The fourth-order valence-corrected chi connectivity index (χ4v) is 2.14. The van der Waals surface area contributed by atoms with Gasteiger partial charge >= 0.3 is 7.12 Å². The predicted molar refractivity (Wildman–Crippen MR) is 82.3 cm³/mol. The van der Waals surface area contributed by atoms with Gasteiger partial charge < -0.3 is 14.8 Å². The lowest BCUT2D eigenvalue weighted by Crippen LogP contribution is -2.29. The third kappa shape index (κ3) is 3.21. The fourth-order valence-electron chi connectivity index (χ4n) is 2.14. The van der Waals surface area contributed by atoms with Crippen molar-refractivity contribution in [2.45, 2.75) is 6.61 Å². The third-order valence-electron chi connectivity index (χ3n) is 3.26. The lowest BCUT2D eigenvalue weighted by Gasteiger charge is -2.08. The molecule has 2 N–H and O–H groups in total. The largest absolute Gasteiger partial charge is 0.489 e. The summed E-state index contributed by atoms with van der Waals surface area (Å²) in [4.78, 5) is 4.05. The Morgan fingerprint density at radius 2 is 1.81 bits per heavy atom. The zero-order valence-corrected chi connectivity index (χ0v) is 11.3. The Bertz CT molecular complexity index is 747. The summed E-state index contributed by atoms with van der Waals surface area (Å²) in [6.07, 6.45) is 3.50. The van der Waals surface area contributed by atoms with Crippen molar-refractivity contribution < 1.29 is 14.8 Å². The molecule has 0 aliphatic rings. The molecular formula is C16H14BNO3. The van der Waals surface area contributed by atoms with E-state index in [1.165, 1.54) is 0 Å². The van der Waals surface area contributed by atoms with Crippen LogP contribution < -0.4 is 10.2 Å². The first-order valence-corrected chi connectivity index (χ1v) is 6.64. The summed E-state index contributed by atoms with van der Waals surface area (Å²) < 4.78 is 5.74. The summed E-state index contributed by atoms with van der Waals surface area (Å²) in [6, 6.07) is 14.8. The first-order valence-electron chi connectivity index (χ1n) is 6.64. The maximum Gasteiger partial charge on any atom is 0.488 e. The van der Waals surface area contributed by atoms with Gasteiger partial charge in [0.1, 0.15) is 12.4 Å². The van der Waals surface area contributed by atoms with Crippen LogP contribution in [0.1, 0.15) is 5.56 Å². The molecule has 2 aromatic carbocycles. The number of pyridine rings is 1. The predicted octanol–water partition coefficient (Wildman–Crippen LogP) is 1.49. The normalized spacial score (nSPS) is 10.6. The van der Waals surface area contributed by atoms with E-state index in [0.717, 1.165) is 22.1 Å². The maximum atomic E-state index is 9.17. The molecule has 1 heterocycles. The smallest absolute Gasteiger partial charge is 0.488 e. The van der Waals surface area contributed by atoms with Gasteiger partial charge in [-0.1, -0.05) is 30.3 Å². The summed E-state index contributed by atoms with van der Waals surface area (Å²) >= 11 is 0. The highest BCUT2D eigenvalue weighted by molar-refractivity contribution is 6.58. The van der Waals surface area contributed by atoms with Crippen molar-refractivity contribution in [2.75, 3.05) is 0 Å². The van der Waals surface area contributed by atoms with E-state index in [9.17, 15) is 10.0 Å². The maximum absolute atomic E-state index is 9.17. The van der Waals surface area contributed by atoms with Gasteiger partial charge in [0.2, 0.25) is 0 Å². The minimum Gasteiger partial charge on any atom is -0.489 e. The second-order valence-electron chi connectivity index (χ2n) is 4.79. The number of aromatic nitrogens is 1. The van der Waals surface area contributed by atoms with Gasteiger partial charge in [-0.15, -0.1) is 0 Å². The van der Waals surface area contributed by atoms with Gasteiger partial charge in [0, 0.05) is 18.0 Å². The van der Waals surface area contributed by atoms with Crippen LogP contribution in [0.15, 0.2) is 60.9 Å². The number of fused-ring (bicyclic) bond motifs is 1. The number of hydrogen-bond donors (Lipinski definition) is 2. The molecule has 0 spiro atoms. The van der Waals surface area contributed by atoms with Crippen LogP contribution in [-0.4, -0.2) is 22.2 Å². The Hall–Kier alpha value is -2.37. The van der Waals surface area contributed by atoms with E-state index >= 15 is 0 Å². The molecule has 3 rings (SSSR count). The molecule has 3 aromatic rings. The van der Waals surface area contributed by atoms with Gasteiger partial charge in [-0.05, 0) is 34.4 Å². The minimum atomic E-state index is -1.45. The highest BCUT2D eigenvalue weighted by atomic mass is 16.5. The highest BCUT2D eigenvalue weighted by Gasteiger charge is 2.10. The van der Waals surface area contributed by atoms with Gasteiger partial charge in [-0.3, -0.25) is 4.98 Å². The third-order valence-corrected chi connectivity index (χ3v) is 3.26. The van der Waals surface area contributed by atoms with E-state index in [0.29, 0.717) is 12.1 Å². The van der Waals surface area contributed by atoms with Crippen LogP contribution in [0.25, 0.3) is 10.8 Å². The number of ether oxygens (including phenoxy) is 1. The van der Waals surface area contributed by atoms with E-state index < -0.39 is 7.12 Å². The van der Waals surface area contributed by atoms with Crippen LogP contribution in [-0.2, 0) is 6.61 Å². The van der Waals surface area contributed by atoms with E-state index in [1.54, 1.807) is 24.5 Å². The van der Waals surface area contributed by atoms with Crippen molar-refractivity contribution in [3.05, 3.63) is 66.5 Å². The van der Waals surface area contributed by atoms with E-state index in [1.807, 2.05) is 36.4 Å². The molecule has 0 aliphatic carbocycles. The Morgan fingerprint density at radius 3 is 2.57 bits per heavy atom. The second kappa shape index (κ2) is 5.95. The number of hydrogen-bond acceptors (Lipinski definition) is 4. The fraction of sp³-hybridized carbons (Fsp3) is 0.0625. The molecule has 0 unspecified atom stereocenters. The van der Waals surface area contributed by atoms with E-state index in [4.69, 9.17) is 4.74 Å². The summed E-state index contributed by atoms with van der Waals surface area (Å²) in [5.74, 6) is 0.767. The SMILES string of the molecule is OB(O)c1ccc2cc(OCc3cccnc3)ccc2c1.